The van der Waals surface area contributed by atoms with Gasteiger partial charge in [-0.25, -0.2) is 4.39 Å². The monoisotopic (exact) mass is 283 g/mol. The predicted molar refractivity (Wildman–Crippen MR) is 84.7 cm³/mol. The molecule has 1 saturated heterocycles. The molecule has 2 aromatic rings. The number of hydrogen-bond acceptors (Lipinski definition) is 1. The minimum Gasteiger partial charge on any atom is -0.296 e. The van der Waals surface area contributed by atoms with Crippen molar-refractivity contribution in [2.75, 3.05) is 13.1 Å². The highest BCUT2D eigenvalue weighted by Gasteiger charge is 2.23. The molecule has 1 atom stereocenters. The van der Waals surface area contributed by atoms with Crippen LogP contribution in [0.25, 0.3) is 0 Å². The Labute approximate surface area is 126 Å². The van der Waals surface area contributed by atoms with Crippen molar-refractivity contribution in [2.24, 2.45) is 0 Å². The van der Waals surface area contributed by atoms with Crippen LogP contribution in [0, 0.1) is 5.82 Å². The van der Waals surface area contributed by atoms with Crippen LogP contribution in [0.2, 0.25) is 0 Å². The molecule has 1 fully saturated rings. The van der Waals surface area contributed by atoms with E-state index in [0.29, 0.717) is 6.04 Å². The van der Waals surface area contributed by atoms with E-state index in [9.17, 15) is 4.39 Å². The fourth-order valence-corrected chi connectivity index (χ4v) is 3.24. The number of halogens is 1. The van der Waals surface area contributed by atoms with Gasteiger partial charge in [-0.15, -0.1) is 0 Å². The molecule has 1 heterocycles. The van der Waals surface area contributed by atoms with Gasteiger partial charge in [-0.1, -0.05) is 48.9 Å². The predicted octanol–water partition coefficient (Wildman–Crippen LogP) is 4.60. The average Bonchev–Trinajstić information content (AvgIpc) is 2.55. The van der Waals surface area contributed by atoms with E-state index in [0.717, 1.165) is 19.5 Å². The second-order valence-electron chi connectivity index (χ2n) is 5.83. The van der Waals surface area contributed by atoms with E-state index >= 15 is 0 Å². The van der Waals surface area contributed by atoms with Gasteiger partial charge in [-0.05, 0) is 49.1 Å². The summed E-state index contributed by atoms with van der Waals surface area (Å²) in [4.78, 5) is 2.56. The van der Waals surface area contributed by atoms with Crippen LogP contribution in [-0.4, -0.2) is 18.0 Å². The van der Waals surface area contributed by atoms with E-state index in [2.05, 4.69) is 35.2 Å². The van der Waals surface area contributed by atoms with E-state index in [-0.39, 0.29) is 5.82 Å². The van der Waals surface area contributed by atoms with Crippen molar-refractivity contribution in [1.29, 1.82) is 0 Å². The van der Waals surface area contributed by atoms with Crippen LogP contribution in [-0.2, 0) is 6.42 Å². The molecule has 0 bridgehead atoms. The molecule has 0 spiro atoms. The summed E-state index contributed by atoms with van der Waals surface area (Å²) in [5.74, 6) is -0.148. The first-order valence-electron chi connectivity index (χ1n) is 7.86. The number of piperidine rings is 1. The number of hydrogen-bond donors (Lipinski definition) is 0. The maximum Gasteiger partial charge on any atom is 0.123 e. The molecule has 3 rings (SSSR count). The molecule has 2 aromatic carbocycles. The van der Waals surface area contributed by atoms with Crippen molar-refractivity contribution < 1.29 is 4.39 Å². The first-order chi connectivity index (χ1) is 10.3. The Kier molecular flexibility index (Phi) is 4.66. The third-order valence-electron chi connectivity index (χ3n) is 4.40. The maximum atomic E-state index is 13.1. The van der Waals surface area contributed by atoms with Crippen LogP contribution in [0.4, 0.5) is 4.39 Å². The van der Waals surface area contributed by atoms with Crippen molar-refractivity contribution >= 4 is 0 Å². The quantitative estimate of drug-likeness (QED) is 0.793. The molecule has 1 aliphatic rings. The van der Waals surface area contributed by atoms with Crippen LogP contribution < -0.4 is 0 Å². The molecular weight excluding hydrogens is 261 g/mol. The summed E-state index contributed by atoms with van der Waals surface area (Å²) in [7, 11) is 0. The Balaban J connectivity index is 1.68. The average molecular weight is 283 g/mol. The lowest BCUT2D eigenvalue weighted by atomic mass is 9.94. The summed E-state index contributed by atoms with van der Waals surface area (Å²) in [5, 5.41) is 0. The van der Waals surface area contributed by atoms with Gasteiger partial charge in [0.25, 0.3) is 0 Å². The lowest BCUT2D eigenvalue weighted by molar-refractivity contribution is 0.150. The standard InChI is InChI=1S/C19H22FN/c20-18-11-9-17(10-12-18)19-8-4-5-14-21(19)15-13-16-6-2-1-3-7-16/h1-3,6-7,9-12,19H,4-5,8,13-15H2. The maximum absolute atomic E-state index is 13.1. The lowest BCUT2D eigenvalue weighted by Gasteiger charge is -2.36. The number of benzene rings is 2. The topological polar surface area (TPSA) is 3.24 Å². The number of likely N-dealkylation sites (tertiary alicyclic amines) is 1. The van der Waals surface area contributed by atoms with Crippen LogP contribution >= 0.6 is 0 Å². The molecule has 0 saturated carbocycles. The highest BCUT2D eigenvalue weighted by molar-refractivity contribution is 5.21. The van der Waals surface area contributed by atoms with Crippen molar-refractivity contribution in [3.63, 3.8) is 0 Å². The van der Waals surface area contributed by atoms with Gasteiger partial charge in [-0.3, -0.25) is 4.90 Å². The zero-order valence-electron chi connectivity index (χ0n) is 12.3. The van der Waals surface area contributed by atoms with Gasteiger partial charge in [0.2, 0.25) is 0 Å². The van der Waals surface area contributed by atoms with Crippen LogP contribution in [0.1, 0.15) is 36.4 Å². The normalized spacial score (nSPS) is 19.6. The Morgan fingerprint density at radius 2 is 1.71 bits per heavy atom. The third-order valence-corrected chi connectivity index (χ3v) is 4.40. The number of rotatable bonds is 4. The van der Waals surface area contributed by atoms with E-state index in [1.165, 1.54) is 30.4 Å². The SMILES string of the molecule is Fc1ccc(C2CCCCN2CCc2ccccc2)cc1. The Morgan fingerprint density at radius 3 is 2.48 bits per heavy atom. The minimum atomic E-state index is -0.148. The molecule has 0 amide bonds. The highest BCUT2D eigenvalue weighted by atomic mass is 19.1. The molecule has 0 N–H and O–H groups in total. The fourth-order valence-electron chi connectivity index (χ4n) is 3.24. The molecule has 0 radical (unpaired) electrons. The van der Waals surface area contributed by atoms with E-state index in [1.807, 2.05) is 12.1 Å². The van der Waals surface area contributed by atoms with Gasteiger partial charge >= 0.3 is 0 Å². The molecule has 0 aliphatic carbocycles. The van der Waals surface area contributed by atoms with Crippen LogP contribution in [0.3, 0.4) is 0 Å². The van der Waals surface area contributed by atoms with Gasteiger partial charge in [0.15, 0.2) is 0 Å². The van der Waals surface area contributed by atoms with Crippen molar-refractivity contribution in [3.05, 3.63) is 71.5 Å². The summed E-state index contributed by atoms with van der Waals surface area (Å²) in [6.45, 7) is 2.22. The molecule has 1 aliphatic heterocycles. The Bertz CT molecular complexity index is 550. The second-order valence-corrected chi connectivity index (χ2v) is 5.83. The molecule has 0 aromatic heterocycles. The summed E-state index contributed by atoms with van der Waals surface area (Å²) in [6.07, 6.45) is 4.80. The molecule has 2 heteroatoms. The van der Waals surface area contributed by atoms with Gasteiger partial charge in [0.05, 0.1) is 0 Å². The first kappa shape index (κ1) is 14.3. The van der Waals surface area contributed by atoms with E-state index < -0.39 is 0 Å². The summed E-state index contributed by atoms with van der Waals surface area (Å²) in [5.41, 5.74) is 2.64. The summed E-state index contributed by atoms with van der Waals surface area (Å²) >= 11 is 0. The molecule has 1 unspecified atom stereocenters. The van der Waals surface area contributed by atoms with Gasteiger partial charge in [0, 0.05) is 12.6 Å². The Hall–Kier alpha value is -1.67. The zero-order chi connectivity index (χ0) is 14.5. The van der Waals surface area contributed by atoms with Crippen molar-refractivity contribution in [1.82, 2.24) is 4.90 Å². The molecule has 110 valence electrons. The van der Waals surface area contributed by atoms with Crippen molar-refractivity contribution in [3.8, 4) is 0 Å². The second kappa shape index (κ2) is 6.86. The van der Waals surface area contributed by atoms with E-state index in [1.54, 1.807) is 12.1 Å². The first-order valence-corrected chi connectivity index (χ1v) is 7.86. The van der Waals surface area contributed by atoms with E-state index in [4.69, 9.17) is 0 Å². The molecule has 1 nitrogen and oxygen atoms in total. The largest absolute Gasteiger partial charge is 0.296 e. The van der Waals surface area contributed by atoms with Crippen LogP contribution in [0.15, 0.2) is 54.6 Å². The molecule has 21 heavy (non-hydrogen) atoms. The lowest BCUT2D eigenvalue weighted by Crippen LogP contribution is -2.35. The number of nitrogens with zero attached hydrogens (tertiary/aromatic N) is 1. The third kappa shape index (κ3) is 3.70. The zero-order valence-corrected chi connectivity index (χ0v) is 12.3. The summed E-state index contributed by atoms with van der Waals surface area (Å²) < 4.78 is 13.1. The summed E-state index contributed by atoms with van der Waals surface area (Å²) in [6, 6.07) is 18.1. The smallest absolute Gasteiger partial charge is 0.123 e. The van der Waals surface area contributed by atoms with Crippen LogP contribution in [0.5, 0.6) is 0 Å². The highest BCUT2D eigenvalue weighted by Crippen LogP contribution is 2.30. The van der Waals surface area contributed by atoms with Gasteiger partial charge in [-0.2, -0.15) is 0 Å². The van der Waals surface area contributed by atoms with Crippen molar-refractivity contribution in [2.45, 2.75) is 31.7 Å². The molecular formula is C19H22FN. The van der Waals surface area contributed by atoms with Gasteiger partial charge in [0.1, 0.15) is 5.82 Å². The fraction of sp³-hybridized carbons (Fsp3) is 0.368. The Morgan fingerprint density at radius 1 is 0.952 bits per heavy atom. The van der Waals surface area contributed by atoms with Gasteiger partial charge < -0.3 is 0 Å². The minimum absolute atomic E-state index is 0.148.